The van der Waals surface area contributed by atoms with E-state index < -0.39 is 6.36 Å². The van der Waals surface area contributed by atoms with Gasteiger partial charge in [-0.15, -0.1) is 18.3 Å². The molecule has 3 aromatic carbocycles. The number of anilines is 1. The van der Waals surface area contributed by atoms with Gasteiger partial charge in [-0.1, -0.05) is 55.1 Å². The standard InChI is InChI=1S/C32H30F3N7O2S2/c1-2-26(38-39-30(45)37-31-42(28(43)18-46-31)27-9-5-7-20-6-3-4-8-25(20)27)21-10-12-22(13-11-21)29-36-19-41(40-29)23-14-16-24(17-15-23)44-32(33,34)35/h5,7,9-17,19,26,38H,2-4,6,8,18H2,1H3,(H,39,45). The second-order valence-electron chi connectivity index (χ2n) is 10.7. The summed E-state index contributed by atoms with van der Waals surface area (Å²) in [5.41, 5.74) is 12.0. The number of rotatable bonds is 8. The Bertz CT molecular complexity index is 1760. The number of benzene rings is 3. The fourth-order valence-corrected chi connectivity index (χ4v) is 6.59. The molecule has 1 fully saturated rings. The summed E-state index contributed by atoms with van der Waals surface area (Å²) in [4.78, 5) is 23.6. The minimum Gasteiger partial charge on any atom is -0.406 e. The van der Waals surface area contributed by atoms with Gasteiger partial charge in [-0.25, -0.2) is 15.1 Å². The van der Waals surface area contributed by atoms with Crippen molar-refractivity contribution in [1.82, 2.24) is 25.6 Å². The van der Waals surface area contributed by atoms with Crippen LogP contribution in [-0.4, -0.2) is 43.1 Å². The predicted octanol–water partition coefficient (Wildman–Crippen LogP) is 6.68. The first-order valence-corrected chi connectivity index (χ1v) is 16.2. The van der Waals surface area contributed by atoms with Crippen LogP contribution in [0.5, 0.6) is 5.75 Å². The molecule has 4 aromatic rings. The molecule has 238 valence electrons. The van der Waals surface area contributed by atoms with Gasteiger partial charge in [-0.3, -0.25) is 15.1 Å². The predicted molar refractivity (Wildman–Crippen MR) is 176 cm³/mol. The molecular formula is C32H30F3N7O2S2. The summed E-state index contributed by atoms with van der Waals surface area (Å²) in [6, 6.07) is 19.1. The number of carbonyl (C=O) groups excluding carboxylic acids is 1. The van der Waals surface area contributed by atoms with E-state index in [4.69, 9.17) is 12.2 Å². The van der Waals surface area contributed by atoms with Gasteiger partial charge in [-0.05, 0) is 91.3 Å². The fourth-order valence-electron chi connectivity index (χ4n) is 5.52. The summed E-state index contributed by atoms with van der Waals surface area (Å²) >= 11 is 6.92. The number of amidine groups is 1. The zero-order chi connectivity index (χ0) is 32.3. The molecule has 1 atom stereocenters. The van der Waals surface area contributed by atoms with Gasteiger partial charge in [0.2, 0.25) is 11.0 Å². The Hall–Kier alpha value is -4.27. The monoisotopic (exact) mass is 665 g/mol. The number of nitrogens with zero attached hydrogens (tertiary/aromatic N) is 5. The lowest BCUT2D eigenvalue weighted by atomic mass is 9.90. The van der Waals surface area contributed by atoms with E-state index in [2.05, 4.69) is 36.7 Å². The molecule has 14 heteroatoms. The highest BCUT2D eigenvalue weighted by Crippen LogP contribution is 2.35. The molecule has 0 spiro atoms. The Kier molecular flexibility index (Phi) is 9.38. The maximum atomic E-state index is 12.9. The van der Waals surface area contributed by atoms with Crippen LogP contribution in [0.2, 0.25) is 0 Å². The molecule has 0 saturated carbocycles. The molecule has 2 aliphatic rings. The third-order valence-corrected chi connectivity index (χ3v) is 8.85. The number of alkyl halides is 3. The van der Waals surface area contributed by atoms with Gasteiger partial charge in [-0.2, -0.15) is 4.99 Å². The third kappa shape index (κ3) is 7.24. The SMILES string of the molecule is CCC(NNC(=S)N=C1SCC(=O)N1c1cccc2c1CCCC2)c1ccc(-c2ncn(-c3ccc(OC(F)(F)F)cc3)n2)cc1. The fraction of sp³-hybridized carbons (Fsp3) is 0.281. The topological polar surface area (TPSA) is 96.7 Å². The minimum absolute atomic E-state index is 0.00207. The molecule has 0 radical (unpaired) electrons. The van der Waals surface area contributed by atoms with E-state index in [1.54, 1.807) is 4.90 Å². The van der Waals surface area contributed by atoms with Gasteiger partial charge in [0.15, 0.2) is 11.0 Å². The van der Waals surface area contributed by atoms with Crippen molar-refractivity contribution in [2.45, 2.75) is 51.4 Å². The maximum absolute atomic E-state index is 12.9. The number of fused-ring (bicyclic) bond motifs is 1. The second kappa shape index (κ2) is 13.6. The van der Waals surface area contributed by atoms with E-state index in [9.17, 15) is 18.0 Å². The first-order chi connectivity index (χ1) is 22.2. The number of aromatic nitrogens is 3. The number of aliphatic imine (C=N–C) groups is 1. The van der Waals surface area contributed by atoms with E-state index in [-0.39, 0.29) is 22.8 Å². The second-order valence-corrected chi connectivity index (χ2v) is 12.1. The molecule has 1 amide bonds. The molecule has 1 aromatic heterocycles. The average Bonchev–Trinajstić information content (AvgIpc) is 3.68. The summed E-state index contributed by atoms with van der Waals surface area (Å²) in [5, 5.41) is 5.27. The number of amides is 1. The van der Waals surface area contributed by atoms with Crippen molar-refractivity contribution in [2.75, 3.05) is 10.7 Å². The normalized spacial score (nSPS) is 16.4. The Morgan fingerprint density at radius 2 is 1.85 bits per heavy atom. The van der Waals surface area contributed by atoms with Crippen molar-refractivity contribution in [3.8, 4) is 22.8 Å². The Morgan fingerprint density at radius 1 is 1.09 bits per heavy atom. The largest absolute Gasteiger partial charge is 0.573 e. The first kappa shape index (κ1) is 31.7. The number of carbonyl (C=O) groups is 1. The third-order valence-electron chi connectivity index (χ3n) is 7.73. The van der Waals surface area contributed by atoms with Gasteiger partial charge < -0.3 is 4.74 Å². The molecule has 6 rings (SSSR count). The molecule has 9 nitrogen and oxygen atoms in total. The molecule has 2 N–H and O–H groups in total. The highest BCUT2D eigenvalue weighted by molar-refractivity contribution is 8.15. The van der Waals surface area contributed by atoms with Gasteiger partial charge >= 0.3 is 6.36 Å². The van der Waals surface area contributed by atoms with Crippen LogP contribution in [0.3, 0.4) is 0 Å². The van der Waals surface area contributed by atoms with Crippen LogP contribution in [0.25, 0.3) is 17.1 Å². The Balaban J connectivity index is 1.09. The first-order valence-electron chi connectivity index (χ1n) is 14.8. The summed E-state index contributed by atoms with van der Waals surface area (Å²) in [7, 11) is 0. The van der Waals surface area contributed by atoms with Crippen LogP contribution >= 0.6 is 24.0 Å². The minimum atomic E-state index is -4.75. The van der Waals surface area contributed by atoms with E-state index >= 15 is 0 Å². The number of halogens is 3. The number of aryl methyl sites for hydroxylation is 1. The lowest BCUT2D eigenvalue weighted by Crippen LogP contribution is -2.39. The van der Waals surface area contributed by atoms with Crippen molar-refractivity contribution in [1.29, 1.82) is 0 Å². The summed E-state index contributed by atoms with van der Waals surface area (Å²) in [5.74, 6) is 0.469. The lowest BCUT2D eigenvalue weighted by molar-refractivity contribution is -0.274. The van der Waals surface area contributed by atoms with Gasteiger partial charge in [0.05, 0.1) is 23.2 Å². The molecule has 1 aliphatic carbocycles. The lowest BCUT2D eigenvalue weighted by Gasteiger charge is -2.25. The van der Waals surface area contributed by atoms with Crippen molar-refractivity contribution in [3.05, 3.63) is 89.7 Å². The molecule has 1 unspecified atom stereocenters. The molecule has 46 heavy (non-hydrogen) atoms. The van der Waals surface area contributed by atoms with Gasteiger partial charge in [0.1, 0.15) is 12.1 Å². The van der Waals surface area contributed by atoms with E-state index in [0.717, 1.165) is 48.9 Å². The number of hydrogen-bond donors (Lipinski definition) is 2. The van der Waals surface area contributed by atoms with Crippen molar-refractivity contribution in [2.24, 2.45) is 4.99 Å². The molecule has 1 aliphatic heterocycles. The maximum Gasteiger partial charge on any atom is 0.573 e. The summed E-state index contributed by atoms with van der Waals surface area (Å²) < 4.78 is 42.8. The van der Waals surface area contributed by atoms with Crippen LogP contribution < -0.4 is 20.5 Å². The van der Waals surface area contributed by atoms with Gasteiger partial charge in [0.25, 0.3) is 0 Å². The summed E-state index contributed by atoms with van der Waals surface area (Å²) in [6.07, 6.45) is 1.73. The smallest absolute Gasteiger partial charge is 0.406 e. The average molecular weight is 666 g/mol. The molecular weight excluding hydrogens is 636 g/mol. The summed E-state index contributed by atoms with van der Waals surface area (Å²) in [6.45, 7) is 2.04. The van der Waals surface area contributed by atoms with E-state index in [0.29, 0.717) is 22.4 Å². The number of ether oxygens (including phenoxy) is 1. The van der Waals surface area contributed by atoms with Crippen molar-refractivity contribution >= 4 is 45.9 Å². The quantitative estimate of drug-likeness (QED) is 0.159. The van der Waals surface area contributed by atoms with E-state index in [1.807, 2.05) is 43.3 Å². The zero-order valence-corrected chi connectivity index (χ0v) is 26.4. The number of thioether (sulfide) groups is 1. The van der Waals surface area contributed by atoms with Crippen LogP contribution in [-0.2, 0) is 17.6 Å². The van der Waals surface area contributed by atoms with Crippen LogP contribution in [0.15, 0.2) is 78.0 Å². The van der Waals surface area contributed by atoms with Gasteiger partial charge in [0, 0.05) is 5.56 Å². The molecule has 1 saturated heterocycles. The van der Waals surface area contributed by atoms with Crippen LogP contribution in [0, 0.1) is 0 Å². The van der Waals surface area contributed by atoms with E-state index in [1.165, 1.54) is 58.2 Å². The highest BCUT2D eigenvalue weighted by Gasteiger charge is 2.33. The Labute approximate surface area is 273 Å². The van der Waals surface area contributed by atoms with Crippen LogP contribution in [0.1, 0.15) is 48.9 Å². The van der Waals surface area contributed by atoms with Crippen molar-refractivity contribution < 1.29 is 22.7 Å². The van der Waals surface area contributed by atoms with Crippen LogP contribution in [0.4, 0.5) is 18.9 Å². The molecule has 0 bridgehead atoms. The highest BCUT2D eigenvalue weighted by atomic mass is 32.2. The number of nitrogens with one attached hydrogen (secondary N) is 2. The molecule has 2 heterocycles. The zero-order valence-electron chi connectivity index (χ0n) is 24.8. The number of hydrogen-bond acceptors (Lipinski definition) is 7. The number of thiocarbonyl (C=S) groups is 1. The van der Waals surface area contributed by atoms with Crippen molar-refractivity contribution in [3.63, 3.8) is 0 Å². The Morgan fingerprint density at radius 3 is 2.59 bits per heavy atom. The number of hydrazine groups is 1.